The van der Waals surface area contributed by atoms with Crippen LogP contribution in [0.1, 0.15) is 142 Å². The number of imidazole rings is 1. The molecular weight excluding hydrogens is 2350 g/mol. The molecule has 12 aromatic rings. The SMILES string of the molecule is C.CC(=O)OI(OC(=O)C(F)(F)F)c1ccccc1.CC(I)(I)I.CON(C)C(=O)c1n[nH]c2ccc(I)cc12.CON(C)C(=O)c1n[nH]c2ccccc12.CON(C)C(=O)c1nn(C2CCCCO2)c2ccc(I)cc12.O=C(C1=NC=CC1)c1ncc[nH]1.O=C(O)c1n[nH]c2ccccc12.O=Cc1nn(C2CCCCO2)c2ccc(I)cc12. The Morgan fingerprint density at radius 1 is 0.597 bits per heavy atom. The zero-order valence-electron chi connectivity index (χ0n) is 63.8. The first kappa shape index (κ1) is 98.3. The number of rotatable bonds is 15. The number of hydroxylamine groups is 6. The van der Waals surface area contributed by atoms with Crippen LogP contribution >= 0.6 is 156 Å². The van der Waals surface area contributed by atoms with E-state index in [1.807, 2.05) is 100 Å². The predicted octanol–water partition coefficient (Wildman–Crippen LogP) is 17.8. The molecule has 2 fully saturated rings. The number of hydrogen-bond donors (Lipinski definition) is 5. The Balaban J connectivity index is 0.000000191. The number of nitrogens with one attached hydrogen (secondary N) is 4. The summed E-state index contributed by atoms with van der Waals surface area (Å²) >= 11 is 10.3. The number of H-pyrrole nitrogens is 4. The summed E-state index contributed by atoms with van der Waals surface area (Å²) in [5.74, 6) is -4.71. The number of carboxylic acids is 1. The maximum atomic E-state index is 12.5. The van der Waals surface area contributed by atoms with Gasteiger partial charge in [-0.1, -0.05) is 118 Å². The number of aromatic carboxylic acids is 1. The maximum absolute atomic E-state index is 12.5. The summed E-state index contributed by atoms with van der Waals surface area (Å²) in [5, 5.41) is 45.0. The minimum atomic E-state index is -5.11. The zero-order chi connectivity index (χ0) is 86.0. The van der Waals surface area contributed by atoms with Crippen LogP contribution in [0.25, 0.3) is 54.5 Å². The van der Waals surface area contributed by atoms with Crippen molar-refractivity contribution in [2.75, 3.05) is 55.7 Å². The first-order chi connectivity index (χ1) is 56.2. The maximum Gasteiger partial charge on any atom is 0.357 e. The van der Waals surface area contributed by atoms with Gasteiger partial charge in [0.05, 0.1) is 54.6 Å². The van der Waals surface area contributed by atoms with Crippen molar-refractivity contribution in [1.82, 2.24) is 75.3 Å². The third-order valence-electron chi connectivity index (χ3n) is 16.4. The van der Waals surface area contributed by atoms with E-state index in [1.165, 1.54) is 38.5 Å². The Bertz CT molecular complexity index is 5490. The van der Waals surface area contributed by atoms with Crippen LogP contribution in [0.2, 0.25) is 0 Å². The van der Waals surface area contributed by atoms with Gasteiger partial charge in [-0.3, -0.25) is 58.8 Å². The van der Waals surface area contributed by atoms with Gasteiger partial charge in [0.2, 0.25) is 5.78 Å². The summed E-state index contributed by atoms with van der Waals surface area (Å²) in [6.07, 6.45) is 9.14. The number of benzene rings is 6. The van der Waals surface area contributed by atoms with Crippen LogP contribution in [0.5, 0.6) is 0 Å². The minimum absolute atomic E-state index is 0. The summed E-state index contributed by atoms with van der Waals surface area (Å²) in [7, 11) is 9.02. The van der Waals surface area contributed by atoms with Gasteiger partial charge in [-0.15, -0.1) is 0 Å². The number of Topliss-reactive ketones (excluding diaryl/α,β-unsaturated/α-hetero) is 1. The summed E-state index contributed by atoms with van der Waals surface area (Å²) in [4.78, 5) is 116. The molecule has 0 spiro atoms. The molecule has 6 aromatic carbocycles. The molecule has 0 saturated carbocycles. The molecule has 0 bridgehead atoms. The third-order valence-corrected chi connectivity index (χ3v) is 21.9. The number of halogens is 10. The molecular formula is C77H80F3I7N16O16. The Hall–Kier alpha value is -7.85. The van der Waals surface area contributed by atoms with Crippen molar-refractivity contribution in [1.29, 1.82) is 0 Å². The monoisotopic (exact) mass is 2430 g/mol. The number of carbonyl (C=O) groups excluding carboxylic acids is 7. The van der Waals surface area contributed by atoms with E-state index in [4.69, 9.17) is 29.1 Å². The van der Waals surface area contributed by atoms with Crippen LogP contribution in [0.4, 0.5) is 13.2 Å². The molecule has 5 N–H and O–H groups in total. The normalized spacial score (nSPS) is 14.1. The average Bonchev–Trinajstić information content (AvgIpc) is 1.62. The van der Waals surface area contributed by atoms with Crippen LogP contribution < -0.4 is 0 Å². The number of para-hydroxylation sites is 2. The molecule has 2 saturated heterocycles. The molecule has 6 aromatic heterocycles. The molecule has 0 radical (unpaired) electrons. The fourth-order valence-corrected chi connectivity index (χ4v) is 15.0. The quantitative estimate of drug-likeness (QED) is 0.0209. The van der Waals surface area contributed by atoms with Crippen molar-refractivity contribution >= 4 is 264 Å². The van der Waals surface area contributed by atoms with Gasteiger partial charge >= 0.3 is 114 Å². The minimum Gasteiger partial charge on any atom is -0.476 e. The molecule has 3 amide bonds. The zero-order valence-corrected chi connectivity index (χ0v) is 78.9. The number of allylic oxidation sites excluding steroid dienone is 1. The van der Waals surface area contributed by atoms with E-state index in [9.17, 15) is 51.5 Å². The van der Waals surface area contributed by atoms with Crippen LogP contribution in [-0.2, 0) is 39.7 Å². The molecule has 15 rings (SSSR count). The number of ether oxygens (including phenoxy) is 2. The van der Waals surface area contributed by atoms with Crippen molar-refractivity contribution < 1.29 is 86.8 Å². The van der Waals surface area contributed by atoms with Crippen molar-refractivity contribution in [2.45, 2.75) is 84.3 Å². The topological polar surface area (TPSA) is 394 Å². The van der Waals surface area contributed by atoms with Gasteiger partial charge in [-0.25, -0.2) is 34.3 Å². The summed E-state index contributed by atoms with van der Waals surface area (Å²) in [6, 6.07) is 40.0. The van der Waals surface area contributed by atoms with Gasteiger partial charge in [0.15, 0.2) is 47.3 Å². The third kappa shape index (κ3) is 28.6. The van der Waals surface area contributed by atoms with E-state index in [1.54, 1.807) is 76.1 Å². The molecule has 32 nitrogen and oxygen atoms in total. The van der Waals surface area contributed by atoms with Gasteiger partial charge in [-0.2, -0.15) is 25.5 Å². The average molecular weight is 2430 g/mol. The first-order valence-electron chi connectivity index (χ1n) is 35.0. The number of aromatic nitrogens is 12. The van der Waals surface area contributed by atoms with Crippen LogP contribution in [0.15, 0.2) is 163 Å². The van der Waals surface area contributed by atoms with E-state index in [0.29, 0.717) is 45.6 Å². The number of fused-ring (bicyclic) bond motifs is 5. The predicted molar refractivity (Wildman–Crippen MR) is 498 cm³/mol. The van der Waals surface area contributed by atoms with E-state index in [0.717, 1.165) is 135 Å². The molecule has 3 aliphatic heterocycles. The molecule has 634 valence electrons. The van der Waals surface area contributed by atoms with E-state index < -0.39 is 44.7 Å². The van der Waals surface area contributed by atoms with Crippen LogP contribution in [-0.4, -0.2) is 195 Å². The second-order valence-electron chi connectivity index (χ2n) is 24.6. The number of aliphatic imine (C=N–C) groups is 1. The van der Waals surface area contributed by atoms with Crippen molar-refractivity contribution in [3.63, 3.8) is 0 Å². The Morgan fingerprint density at radius 3 is 1.51 bits per heavy atom. The number of ketones is 1. The number of nitrogens with zero attached hydrogens (tertiary/aromatic N) is 12. The Kier molecular flexibility index (Phi) is 39.3. The van der Waals surface area contributed by atoms with E-state index in [2.05, 4.69) is 204 Å². The summed E-state index contributed by atoms with van der Waals surface area (Å²) < 4.78 is 64.3. The Labute approximate surface area is 769 Å². The van der Waals surface area contributed by atoms with Gasteiger partial charge < -0.3 is 19.6 Å². The van der Waals surface area contributed by atoms with Gasteiger partial charge in [-0.05, 0) is 180 Å². The number of aromatic amines is 4. The number of aldehydes is 1. The number of carboxylic acid groups (broad SMARTS) is 1. The second kappa shape index (κ2) is 47.5. The molecule has 119 heavy (non-hydrogen) atoms. The van der Waals surface area contributed by atoms with Crippen LogP contribution in [0.3, 0.4) is 0 Å². The molecule has 0 aliphatic carbocycles. The van der Waals surface area contributed by atoms with Crippen molar-refractivity contribution in [3.8, 4) is 0 Å². The number of hydrogen-bond acceptors (Lipinski definition) is 22. The largest absolute Gasteiger partial charge is 0.476 e. The summed E-state index contributed by atoms with van der Waals surface area (Å²) in [5.41, 5.74) is 6.58. The smallest absolute Gasteiger partial charge is 0.357 e. The van der Waals surface area contributed by atoms with Crippen molar-refractivity contribution in [3.05, 3.63) is 207 Å². The molecule has 3 aliphatic rings. The number of carbonyl (C=O) groups is 8. The molecule has 9 heterocycles. The Morgan fingerprint density at radius 2 is 1.05 bits per heavy atom. The van der Waals surface area contributed by atoms with Gasteiger partial charge in [0.1, 0.15) is 5.13 Å². The standard InChI is InChI=1S/C15H18IN3O3.C13H13IN2O2.C10H8F3IO4.C10H10IN3O2.C10H11N3O2.C8H7N3O.C8H6N2O2.C2H3I3.CH4/c1-18(21-2)15(20)14-11-9-10(16)6-7-12(11)19(17-14)13-5-3-4-8-22-13;14-9-4-5-12-10(7-9)11(8-17)15-16(12)13-3-1-2-6-18-13;1-7(15)17-14(8-5-3-2-4-6-8)18-9(16)10(11,12)13;1-14(16-2)10(15)9-7-5-6(11)3-4-8(7)12-13-9;1-13(15-2)10(14)9-7-5-3-4-6-8(7)11-12-9;12-7(6-2-1-3-9-6)8-10-4-5-11-8;11-8(12)7-5-3-1-2-4-6(5)9-10-7;1-2(3,4)5;/h6-7,9,13H,3-5,8H2,1-2H3;4-5,7-8,13H,1-3,6H2;2-6H,1H3;3-5H,1-2H3,(H,12,13);3-6H,1-2H3,(H,11,12);1,3-5H,2H2,(H,10,11);1-4H,(H,9,10)(H,11,12);1H3;1H4. The molecule has 42 heteroatoms. The van der Waals surface area contributed by atoms with Gasteiger partial charge in [0, 0.05) is 97.0 Å². The van der Waals surface area contributed by atoms with Gasteiger partial charge in [0.25, 0.3) is 17.7 Å². The fourth-order valence-electron chi connectivity index (χ4n) is 10.7. The second-order valence-corrected chi connectivity index (χ2v) is 44.4. The van der Waals surface area contributed by atoms with E-state index in [-0.39, 0.29) is 52.7 Å². The molecule has 2 unspecified atom stereocenters. The number of alkyl halides is 6. The van der Waals surface area contributed by atoms with E-state index >= 15 is 0 Å². The van der Waals surface area contributed by atoms with Crippen molar-refractivity contribution in [2.24, 2.45) is 4.99 Å². The summed E-state index contributed by atoms with van der Waals surface area (Å²) in [6.45, 7) is 4.69. The number of amides is 3. The fraction of sp³-hybridized carbons (Fsp3) is 0.286. The first-order valence-corrected chi connectivity index (χ1v) is 44.4. The molecule has 2 atom stereocenters. The van der Waals surface area contributed by atoms with Crippen LogP contribution in [0, 0.1) is 14.3 Å².